The van der Waals surface area contributed by atoms with Crippen molar-refractivity contribution in [2.75, 3.05) is 0 Å². The minimum atomic E-state index is -1.74. The van der Waals surface area contributed by atoms with Crippen molar-refractivity contribution in [3.63, 3.8) is 0 Å². The maximum atomic E-state index is 11.6. The summed E-state index contributed by atoms with van der Waals surface area (Å²) in [4.78, 5) is 11.6. The first-order valence-corrected chi connectivity index (χ1v) is 8.55. The summed E-state index contributed by atoms with van der Waals surface area (Å²) in [5.74, 6) is -0.111. The molecule has 1 rings (SSSR count). The van der Waals surface area contributed by atoms with Gasteiger partial charge in [0.1, 0.15) is 0 Å². The second kappa shape index (κ2) is 4.62. The fourth-order valence-corrected chi connectivity index (χ4v) is 2.12. The lowest BCUT2D eigenvalue weighted by molar-refractivity contribution is -0.134. The van der Waals surface area contributed by atoms with E-state index >= 15 is 0 Å². The molecule has 2 nitrogen and oxygen atoms in total. The van der Waals surface area contributed by atoms with Crippen molar-refractivity contribution in [2.45, 2.75) is 33.0 Å². The maximum absolute atomic E-state index is 11.6. The van der Waals surface area contributed by atoms with Gasteiger partial charge in [-0.3, -0.25) is 4.79 Å². The van der Waals surface area contributed by atoms with Gasteiger partial charge in [0, 0.05) is 0 Å². The van der Waals surface area contributed by atoms with Gasteiger partial charge in [0.25, 0.3) is 5.97 Å². The molecule has 0 spiro atoms. The van der Waals surface area contributed by atoms with Crippen molar-refractivity contribution < 1.29 is 9.22 Å². The van der Waals surface area contributed by atoms with Crippen LogP contribution in [0.4, 0.5) is 0 Å². The molecule has 0 saturated carbocycles. The molecule has 0 saturated heterocycles. The lowest BCUT2D eigenvalue weighted by atomic mass is 10.1. The van der Waals surface area contributed by atoms with Crippen LogP contribution in [0.2, 0.25) is 19.6 Å². The van der Waals surface area contributed by atoms with Crippen LogP contribution in [0.3, 0.4) is 0 Å². The molecule has 0 atom stereocenters. The van der Waals surface area contributed by atoms with Crippen LogP contribution in [0, 0.1) is 6.92 Å². The monoisotopic (exact) mass is 222 g/mol. The number of hydrogen-bond donors (Lipinski definition) is 0. The van der Waals surface area contributed by atoms with Gasteiger partial charge in [0.05, 0.1) is 6.42 Å². The van der Waals surface area contributed by atoms with Gasteiger partial charge in [0.15, 0.2) is 0 Å². The Labute approximate surface area is 92.4 Å². The highest BCUT2D eigenvalue weighted by atomic mass is 28.4. The molecule has 0 aromatic heterocycles. The Balaban J connectivity index is 2.59. The van der Waals surface area contributed by atoms with E-state index in [-0.39, 0.29) is 5.97 Å². The Morgan fingerprint density at radius 1 is 1.33 bits per heavy atom. The largest absolute Gasteiger partial charge is 0.520 e. The first-order valence-electron chi connectivity index (χ1n) is 5.14. The van der Waals surface area contributed by atoms with Gasteiger partial charge >= 0.3 is 0 Å². The topological polar surface area (TPSA) is 26.3 Å². The SMILES string of the molecule is Cc1cccc(CC(=O)O[Si](C)(C)C)c1. The van der Waals surface area contributed by atoms with Crippen LogP contribution in [0.5, 0.6) is 0 Å². The predicted molar refractivity (Wildman–Crippen MR) is 64.3 cm³/mol. The Kier molecular flexibility index (Phi) is 3.69. The molecule has 0 aliphatic rings. The second-order valence-corrected chi connectivity index (χ2v) is 9.18. The van der Waals surface area contributed by atoms with Gasteiger partial charge in [-0.2, -0.15) is 0 Å². The number of benzene rings is 1. The van der Waals surface area contributed by atoms with E-state index in [1.807, 2.05) is 50.8 Å². The molecule has 3 heteroatoms. The second-order valence-electron chi connectivity index (χ2n) is 4.75. The predicted octanol–water partition coefficient (Wildman–Crippen LogP) is 2.92. The molecule has 0 unspecified atom stereocenters. The zero-order chi connectivity index (χ0) is 11.5. The normalized spacial score (nSPS) is 11.2. The first kappa shape index (κ1) is 12.0. The Bertz CT molecular complexity index is 353. The Hall–Kier alpha value is -1.09. The number of hydrogen-bond acceptors (Lipinski definition) is 2. The molecular formula is C12H18O2Si. The molecule has 15 heavy (non-hydrogen) atoms. The molecule has 0 heterocycles. The number of rotatable bonds is 3. The van der Waals surface area contributed by atoms with E-state index in [1.54, 1.807) is 0 Å². The molecule has 0 radical (unpaired) electrons. The van der Waals surface area contributed by atoms with E-state index < -0.39 is 8.32 Å². The van der Waals surface area contributed by atoms with E-state index in [4.69, 9.17) is 4.43 Å². The highest BCUT2D eigenvalue weighted by molar-refractivity contribution is 6.71. The van der Waals surface area contributed by atoms with E-state index in [9.17, 15) is 4.79 Å². The van der Waals surface area contributed by atoms with Crippen molar-refractivity contribution in [3.05, 3.63) is 35.4 Å². The highest BCUT2D eigenvalue weighted by Gasteiger charge is 2.19. The average molecular weight is 222 g/mol. The summed E-state index contributed by atoms with van der Waals surface area (Å²) in [5.41, 5.74) is 2.20. The maximum Gasteiger partial charge on any atom is 0.296 e. The number of carbonyl (C=O) groups excluding carboxylic acids is 1. The van der Waals surface area contributed by atoms with Gasteiger partial charge in [-0.1, -0.05) is 29.8 Å². The average Bonchev–Trinajstić information content (AvgIpc) is 1.99. The first-order chi connectivity index (χ1) is 6.87. The van der Waals surface area contributed by atoms with Crippen LogP contribution in [0.1, 0.15) is 11.1 Å². The van der Waals surface area contributed by atoms with E-state index in [2.05, 4.69) is 0 Å². The summed E-state index contributed by atoms with van der Waals surface area (Å²) in [7, 11) is -1.74. The summed E-state index contributed by atoms with van der Waals surface area (Å²) in [6.45, 7) is 8.07. The van der Waals surface area contributed by atoms with Crippen molar-refractivity contribution in [1.29, 1.82) is 0 Å². The van der Waals surface area contributed by atoms with Gasteiger partial charge < -0.3 is 4.43 Å². The van der Waals surface area contributed by atoms with Gasteiger partial charge in [-0.05, 0) is 32.1 Å². The quantitative estimate of drug-likeness (QED) is 0.735. The van der Waals surface area contributed by atoms with E-state index in [0.717, 1.165) is 5.56 Å². The van der Waals surface area contributed by atoms with Crippen molar-refractivity contribution in [3.8, 4) is 0 Å². The summed E-state index contributed by atoms with van der Waals surface area (Å²) in [6.07, 6.45) is 0.381. The van der Waals surface area contributed by atoms with Crippen molar-refractivity contribution in [1.82, 2.24) is 0 Å². The molecule has 1 aromatic carbocycles. The summed E-state index contributed by atoms with van der Waals surface area (Å²) in [5, 5.41) is 0. The highest BCUT2D eigenvalue weighted by Crippen LogP contribution is 2.08. The lowest BCUT2D eigenvalue weighted by Gasteiger charge is -2.17. The minimum Gasteiger partial charge on any atom is -0.520 e. The third-order valence-electron chi connectivity index (χ3n) is 1.85. The third kappa shape index (κ3) is 4.79. The number of carbonyl (C=O) groups is 1. The lowest BCUT2D eigenvalue weighted by Crippen LogP contribution is -2.29. The number of aryl methyl sites for hydroxylation is 1. The molecule has 0 aliphatic heterocycles. The summed E-state index contributed by atoms with van der Waals surface area (Å²) in [6, 6.07) is 7.96. The summed E-state index contributed by atoms with van der Waals surface area (Å²) >= 11 is 0. The smallest absolute Gasteiger partial charge is 0.296 e. The molecule has 0 N–H and O–H groups in total. The van der Waals surface area contributed by atoms with Crippen LogP contribution in [-0.4, -0.2) is 14.3 Å². The molecule has 0 amide bonds. The molecule has 1 aromatic rings. The fraction of sp³-hybridized carbons (Fsp3) is 0.417. The van der Waals surface area contributed by atoms with Crippen LogP contribution in [0.15, 0.2) is 24.3 Å². The zero-order valence-electron chi connectivity index (χ0n) is 9.83. The van der Waals surface area contributed by atoms with Crippen molar-refractivity contribution >= 4 is 14.3 Å². The molecule has 0 fully saturated rings. The fourth-order valence-electron chi connectivity index (χ4n) is 1.37. The van der Waals surface area contributed by atoms with Crippen LogP contribution in [-0.2, 0) is 15.6 Å². The van der Waals surface area contributed by atoms with Crippen molar-refractivity contribution in [2.24, 2.45) is 0 Å². The van der Waals surface area contributed by atoms with Gasteiger partial charge in [-0.15, -0.1) is 0 Å². The van der Waals surface area contributed by atoms with Crippen LogP contribution >= 0.6 is 0 Å². The minimum absolute atomic E-state index is 0.111. The van der Waals surface area contributed by atoms with E-state index in [1.165, 1.54) is 5.56 Å². The molecule has 82 valence electrons. The Morgan fingerprint density at radius 2 is 2.00 bits per heavy atom. The van der Waals surface area contributed by atoms with Crippen LogP contribution in [0.25, 0.3) is 0 Å². The zero-order valence-corrected chi connectivity index (χ0v) is 10.8. The molecular weight excluding hydrogens is 204 g/mol. The molecule has 0 aliphatic carbocycles. The third-order valence-corrected chi connectivity index (χ3v) is 2.69. The summed E-state index contributed by atoms with van der Waals surface area (Å²) < 4.78 is 5.38. The van der Waals surface area contributed by atoms with Crippen LogP contribution < -0.4 is 0 Å². The van der Waals surface area contributed by atoms with E-state index in [0.29, 0.717) is 6.42 Å². The van der Waals surface area contributed by atoms with Gasteiger partial charge in [0.2, 0.25) is 8.32 Å². The molecule has 0 bridgehead atoms. The van der Waals surface area contributed by atoms with Gasteiger partial charge in [-0.25, -0.2) is 0 Å². The Morgan fingerprint density at radius 3 is 2.53 bits per heavy atom. The standard InChI is InChI=1S/C12H18O2Si/c1-10-6-5-7-11(8-10)9-12(13)14-15(2,3)4/h5-8H,9H2,1-4H3.